The van der Waals surface area contributed by atoms with Crippen molar-refractivity contribution < 1.29 is 24.2 Å². The smallest absolute Gasteiger partial charge is 0.322 e. The van der Waals surface area contributed by atoms with Crippen molar-refractivity contribution in [1.29, 1.82) is 0 Å². The quantitative estimate of drug-likeness (QED) is 0.350. The van der Waals surface area contributed by atoms with Crippen LogP contribution in [0.1, 0.15) is 15.9 Å². The standard InChI is InChI=1S/C27H25N5O5/c1-31(2)23(33)20-5-4-12-28-22(20)16-6-9-18(10-7-16)27(25(35)29-26(36)30-27)15-32-14-17-8-11-19(37-3)13-21(17)24(32)34/h4-14,34H,15H2,1-3H3,(H2,29,30,35,36)/t27-/m0/s1. The Labute approximate surface area is 212 Å². The zero-order chi connectivity index (χ0) is 26.3. The van der Waals surface area contributed by atoms with E-state index in [2.05, 4.69) is 15.6 Å². The van der Waals surface area contributed by atoms with E-state index in [9.17, 15) is 19.5 Å². The molecule has 0 aliphatic carbocycles. The van der Waals surface area contributed by atoms with Gasteiger partial charge in [0.1, 0.15) is 5.75 Å². The molecule has 5 rings (SSSR count). The number of methoxy groups -OCH3 is 1. The van der Waals surface area contributed by atoms with E-state index in [0.717, 1.165) is 5.39 Å². The molecule has 3 N–H and O–H groups in total. The minimum absolute atomic E-state index is 0.0549. The molecule has 0 unspecified atom stereocenters. The molecule has 37 heavy (non-hydrogen) atoms. The van der Waals surface area contributed by atoms with Crippen LogP contribution < -0.4 is 15.4 Å². The van der Waals surface area contributed by atoms with Crippen LogP contribution >= 0.6 is 0 Å². The number of ether oxygens (including phenoxy) is 1. The molecule has 2 aromatic carbocycles. The molecule has 1 atom stereocenters. The van der Waals surface area contributed by atoms with E-state index < -0.39 is 17.5 Å². The van der Waals surface area contributed by atoms with Gasteiger partial charge in [-0.05, 0) is 35.9 Å². The van der Waals surface area contributed by atoms with Crippen LogP contribution in [-0.2, 0) is 16.9 Å². The number of carbonyl (C=O) groups excluding carboxylic acids is 3. The van der Waals surface area contributed by atoms with Crippen LogP contribution in [0.15, 0.2) is 67.0 Å². The maximum atomic E-state index is 13.1. The highest BCUT2D eigenvalue weighted by Gasteiger charge is 2.48. The average Bonchev–Trinajstić information content (AvgIpc) is 3.37. The predicted molar refractivity (Wildman–Crippen MR) is 136 cm³/mol. The number of imide groups is 1. The van der Waals surface area contributed by atoms with Gasteiger partial charge in [0.2, 0.25) is 0 Å². The zero-order valence-corrected chi connectivity index (χ0v) is 20.5. The molecular formula is C27H25N5O5. The topological polar surface area (TPSA) is 126 Å². The number of amides is 4. The molecule has 0 radical (unpaired) electrons. The summed E-state index contributed by atoms with van der Waals surface area (Å²) in [6.45, 7) is -0.0549. The van der Waals surface area contributed by atoms with Crippen LogP contribution in [0.3, 0.4) is 0 Å². The zero-order valence-electron chi connectivity index (χ0n) is 20.5. The van der Waals surface area contributed by atoms with Crippen LogP contribution in [0.2, 0.25) is 0 Å². The average molecular weight is 500 g/mol. The number of fused-ring (bicyclic) bond motifs is 1. The molecule has 1 saturated heterocycles. The third-order valence-electron chi connectivity index (χ3n) is 6.51. The van der Waals surface area contributed by atoms with E-state index in [-0.39, 0.29) is 18.3 Å². The second kappa shape index (κ2) is 8.98. The van der Waals surface area contributed by atoms with Gasteiger partial charge in [0.15, 0.2) is 11.4 Å². The molecule has 0 spiro atoms. The molecule has 4 aromatic rings. The lowest BCUT2D eigenvalue weighted by Crippen LogP contribution is -2.47. The van der Waals surface area contributed by atoms with E-state index in [1.807, 2.05) is 0 Å². The number of nitrogens with one attached hydrogen (secondary N) is 2. The molecule has 1 fully saturated rings. The van der Waals surface area contributed by atoms with Crippen molar-refractivity contribution in [3.05, 3.63) is 78.1 Å². The van der Waals surface area contributed by atoms with Gasteiger partial charge < -0.3 is 24.6 Å². The van der Waals surface area contributed by atoms with Crippen LogP contribution in [0.4, 0.5) is 4.79 Å². The molecule has 10 nitrogen and oxygen atoms in total. The van der Waals surface area contributed by atoms with Crippen LogP contribution in [0, 0.1) is 0 Å². The number of aromatic nitrogens is 2. The fourth-order valence-corrected chi connectivity index (χ4v) is 4.59. The minimum Gasteiger partial charge on any atom is -0.497 e. The maximum Gasteiger partial charge on any atom is 0.322 e. The van der Waals surface area contributed by atoms with E-state index in [4.69, 9.17) is 4.74 Å². The number of urea groups is 1. The summed E-state index contributed by atoms with van der Waals surface area (Å²) < 4.78 is 6.78. The first-order valence-corrected chi connectivity index (χ1v) is 11.5. The van der Waals surface area contributed by atoms with E-state index in [1.165, 1.54) is 16.6 Å². The molecular weight excluding hydrogens is 474 g/mol. The Bertz CT molecular complexity index is 1540. The fourth-order valence-electron chi connectivity index (χ4n) is 4.59. The largest absolute Gasteiger partial charge is 0.497 e. The summed E-state index contributed by atoms with van der Waals surface area (Å²) in [5.74, 6) is -0.197. The van der Waals surface area contributed by atoms with Crippen molar-refractivity contribution in [3.8, 4) is 22.9 Å². The Morgan fingerprint density at radius 1 is 1.14 bits per heavy atom. The number of hydrogen-bond acceptors (Lipinski definition) is 6. The lowest BCUT2D eigenvalue weighted by atomic mass is 9.88. The lowest BCUT2D eigenvalue weighted by molar-refractivity contribution is -0.124. The number of rotatable bonds is 6. The van der Waals surface area contributed by atoms with Gasteiger partial charge >= 0.3 is 6.03 Å². The maximum absolute atomic E-state index is 13.1. The van der Waals surface area contributed by atoms with Gasteiger partial charge in [-0.3, -0.25) is 19.9 Å². The normalized spacial score (nSPS) is 16.9. The summed E-state index contributed by atoms with van der Waals surface area (Å²) in [7, 11) is 4.88. The van der Waals surface area contributed by atoms with Crippen molar-refractivity contribution in [2.45, 2.75) is 12.1 Å². The van der Waals surface area contributed by atoms with Gasteiger partial charge in [-0.2, -0.15) is 0 Å². The van der Waals surface area contributed by atoms with Gasteiger partial charge in [0.05, 0.1) is 24.9 Å². The molecule has 10 heteroatoms. The molecule has 1 aliphatic heterocycles. The summed E-state index contributed by atoms with van der Waals surface area (Å²) in [5, 5.41) is 17.3. The second-order valence-electron chi connectivity index (χ2n) is 9.02. The van der Waals surface area contributed by atoms with Gasteiger partial charge in [0, 0.05) is 42.8 Å². The first-order chi connectivity index (χ1) is 17.7. The molecule has 1 aliphatic rings. The number of hydrogen-bond donors (Lipinski definition) is 3. The SMILES string of the molecule is COc1ccc2cn(C[C@@]3(c4ccc(-c5ncccc5C(=O)N(C)C)cc4)NC(=O)NC3=O)c(O)c2c1. The highest BCUT2D eigenvalue weighted by molar-refractivity contribution is 6.07. The summed E-state index contributed by atoms with van der Waals surface area (Å²) in [6.07, 6.45) is 3.32. The first kappa shape index (κ1) is 23.9. The predicted octanol–water partition coefficient (Wildman–Crippen LogP) is 2.85. The Morgan fingerprint density at radius 3 is 2.54 bits per heavy atom. The number of carbonyl (C=O) groups is 3. The summed E-state index contributed by atoms with van der Waals surface area (Å²) in [4.78, 5) is 43.9. The Morgan fingerprint density at radius 2 is 1.89 bits per heavy atom. The number of nitrogens with zero attached hydrogens (tertiary/aromatic N) is 3. The minimum atomic E-state index is -1.47. The van der Waals surface area contributed by atoms with Gasteiger partial charge in [0.25, 0.3) is 11.8 Å². The van der Waals surface area contributed by atoms with Gasteiger partial charge in [-0.1, -0.05) is 24.3 Å². The third kappa shape index (κ3) is 4.02. The highest BCUT2D eigenvalue weighted by Crippen LogP contribution is 2.35. The lowest BCUT2D eigenvalue weighted by Gasteiger charge is -2.27. The number of pyridine rings is 1. The van der Waals surface area contributed by atoms with Gasteiger partial charge in [-0.15, -0.1) is 0 Å². The third-order valence-corrected chi connectivity index (χ3v) is 6.51. The van der Waals surface area contributed by atoms with E-state index in [0.29, 0.717) is 33.5 Å². The van der Waals surface area contributed by atoms with E-state index in [1.54, 1.807) is 81.1 Å². The van der Waals surface area contributed by atoms with Crippen molar-refractivity contribution in [2.75, 3.05) is 21.2 Å². The Kier molecular flexibility index (Phi) is 5.79. The second-order valence-corrected chi connectivity index (χ2v) is 9.02. The van der Waals surface area contributed by atoms with Crippen LogP contribution in [0.25, 0.3) is 22.0 Å². The number of aromatic hydroxyl groups is 1. The van der Waals surface area contributed by atoms with Crippen molar-refractivity contribution in [2.24, 2.45) is 0 Å². The van der Waals surface area contributed by atoms with Crippen LogP contribution in [0.5, 0.6) is 11.6 Å². The first-order valence-electron chi connectivity index (χ1n) is 11.5. The summed E-state index contributed by atoms with van der Waals surface area (Å²) >= 11 is 0. The van der Waals surface area contributed by atoms with Crippen molar-refractivity contribution >= 4 is 28.6 Å². The summed E-state index contributed by atoms with van der Waals surface area (Å²) in [6, 6.07) is 15.0. The Balaban J connectivity index is 1.55. The van der Waals surface area contributed by atoms with Crippen molar-refractivity contribution in [1.82, 2.24) is 25.1 Å². The monoisotopic (exact) mass is 499 g/mol. The molecule has 4 amide bonds. The van der Waals surface area contributed by atoms with Crippen LogP contribution in [-0.4, -0.2) is 58.6 Å². The fraction of sp³-hybridized carbons (Fsp3) is 0.185. The van der Waals surface area contributed by atoms with Crippen molar-refractivity contribution in [3.63, 3.8) is 0 Å². The molecule has 0 saturated carbocycles. The molecule has 3 heterocycles. The Hall–Kier alpha value is -4.86. The highest BCUT2D eigenvalue weighted by atomic mass is 16.5. The molecule has 0 bridgehead atoms. The van der Waals surface area contributed by atoms with E-state index >= 15 is 0 Å². The molecule has 188 valence electrons. The molecule has 2 aromatic heterocycles. The number of benzene rings is 2. The van der Waals surface area contributed by atoms with Gasteiger partial charge in [-0.25, -0.2) is 4.79 Å². The summed E-state index contributed by atoms with van der Waals surface area (Å²) in [5.41, 5.74) is 0.659.